The van der Waals surface area contributed by atoms with Gasteiger partial charge >= 0.3 is 0 Å². The smallest absolute Gasteiger partial charge is 0.200 e. The van der Waals surface area contributed by atoms with E-state index in [4.69, 9.17) is 20.8 Å². The van der Waals surface area contributed by atoms with E-state index < -0.39 is 0 Å². The van der Waals surface area contributed by atoms with Crippen molar-refractivity contribution in [3.8, 4) is 16.9 Å². The lowest BCUT2D eigenvalue weighted by Crippen LogP contribution is -2.09. The van der Waals surface area contributed by atoms with Crippen LogP contribution in [0, 0.1) is 6.92 Å². The Kier molecular flexibility index (Phi) is 4.63. The number of aryl methyl sites for hydroxylation is 2. The van der Waals surface area contributed by atoms with Gasteiger partial charge in [-0.05, 0) is 38.0 Å². The first-order valence-electron chi connectivity index (χ1n) is 8.04. The van der Waals surface area contributed by atoms with Crippen molar-refractivity contribution in [3.63, 3.8) is 0 Å². The zero-order chi connectivity index (χ0) is 17.3. The zero-order valence-electron chi connectivity index (χ0n) is 14.0. The van der Waals surface area contributed by atoms with E-state index in [1.165, 1.54) is 0 Å². The number of hydrogen-bond donors (Lipinski definition) is 0. The third kappa shape index (κ3) is 2.80. The van der Waals surface area contributed by atoms with E-state index in [1.54, 1.807) is 13.0 Å². The van der Waals surface area contributed by atoms with Crippen LogP contribution in [0.2, 0.25) is 5.02 Å². The van der Waals surface area contributed by atoms with Crippen LogP contribution in [0.15, 0.2) is 45.6 Å². The molecule has 124 valence electrons. The first-order valence-corrected chi connectivity index (χ1v) is 8.42. The Balaban J connectivity index is 2.33. The second-order valence-corrected chi connectivity index (χ2v) is 5.99. The van der Waals surface area contributed by atoms with Crippen molar-refractivity contribution in [2.75, 3.05) is 6.61 Å². The second-order valence-electron chi connectivity index (χ2n) is 5.58. The molecule has 4 heteroatoms. The highest BCUT2D eigenvalue weighted by atomic mass is 35.5. The average Bonchev–Trinajstić information content (AvgIpc) is 2.56. The van der Waals surface area contributed by atoms with Crippen molar-refractivity contribution in [2.45, 2.75) is 27.2 Å². The van der Waals surface area contributed by atoms with E-state index in [9.17, 15) is 4.79 Å². The Morgan fingerprint density at radius 1 is 1.17 bits per heavy atom. The third-order valence-corrected chi connectivity index (χ3v) is 4.40. The van der Waals surface area contributed by atoms with Crippen LogP contribution in [0.3, 0.4) is 0 Å². The zero-order valence-corrected chi connectivity index (χ0v) is 14.7. The molecular formula is C20H19ClO3. The van der Waals surface area contributed by atoms with Crippen molar-refractivity contribution in [1.82, 2.24) is 0 Å². The maximum atomic E-state index is 13.1. The lowest BCUT2D eigenvalue weighted by Gasteiger charge is -2.12. The van der Waals surface area contributed by atoms with Gasteiger partial charge in [0.05, 0.1) is 17.6 Å². The van der Waals surface area contributed by atoms with Gasteiger partial charge in [-0.1, -0.05) is 36.7 Å². The Labute approximate surface area is 145 Å². The van der Waals surface area contributed by atoms with Gasteiger partial charge in [0.1, 0.15) is 17.1 Å². The van der Waals surface area contributed by atoms with Crippen LogP contribution in [0.4, 0.5) is 0 Å². The SMILES string of the molecule is CCOc1cc2oc(C)c(-c3ccccc3Cl)c(=O)c2cc1CC. The molecule has 3 rings (SSSR count). The van der Waals surface area contributed by atoms with Gasteiger partial charge in [0, 0.05) is 16.7 Å². The summed E-state index contributed by atoms with van der Waals surface area (Å²) in [7, 11) is 0. The summed E-state index contributed by atoms with van der Waals surface area (Å²) in [5.41, 5.74) is 2.66. The Morgan fingerprint density at radius 2 is 1.92 bits per heavy atom. The van der Waals surface area contributed by atoms with E-state index in [0.29, 0.717) is 39.5 Å². The number of halogens is 1. The molecule has 0 spiro atoms. The van der Waals surface area contributed by atoms with E-state index >= 15 is 0 Å². The fourth-order valence-corrected chi connectivity index (χ4v) is 3.15. The molecule has 3 aromatic rings. The molecule has 0 radical (unpaired) electrons. The topological polar surface area (TPSA) is 39.4 Å². The molecule has 0 aliphatic carbocycles. The maximum Gasteiger partial charge on any atom is 0.200 e. The van der Waals surface area contributed by atoms with Gasteiger partial charge in [-0.2, -0.15) is 0 Å². The molecular weight excluding hydrogens is 324 g/mol. The minimum Gasteiger partial charge on any atom is -0.493 e. The monoisotopic (exact) mass is 342 g/mol. The van der Waals surface area contributed by atoms with Crippen molar-refractivity contribution in [2.24, 2.45) is 0 Å². The molecule has 3 nitrogen and oxygen atoms in total. The van der Waals surface area contributed by atoms with E-state index in [-0.39, 0.29) is 5.43 Å². The predicted molar refractivity (Wildman–Crippen MR) is 98.2 cm³/mol. The summed E-state index contributed by atoms with van der Waals surface area (Å²) in [6, 6.07) is 11.0. The fourth-order valence-electron chi connectivity index (χ4n) is 2.92. The van der Waals surface area contributed by atoms with E-state index in [0.717, 1.165) is 17.7 Å². The normalized spacial score (nSPS) is 11.0. The largest absolute Gasteiger partial charge is 0.493 e. The van der Waals surface area contributed by atoms with Crippen LogP contribution >= 0.6 is 11.6 Å². The van der Waals surface area contributed by atoms with Gasteiger partial charge in [-0.15, -0.1) is 0 Å². The average molecular weight is 343 g/mol. The summed E-state index contributed by atoms with van der Waals surface area (Å²) in [5, 5.41) is 1.09. The Hall–Kier alpha value is -2.26. The number of benzene rings is 2. The van der Waals surface area contributed by atoms with Gasteiger partial charge < -0.3 is 9.15 Å². The molecule has 0 bridgehead atoms. The molecule has 0 amide bonds. The molecule has 0 aliphatic rings. The first-order chi connectivity index (χ1) is 11.6. The summed E-state index contributed by atoms with van der Waals surface area (Å²) < 4.78 is 11.6. The molecule has 0 aliphatic heterocycles. The lowest BCUT2D eigenvalue weighted by atomic mass is 10.0. The second kappa shape index (κ2) is 6.70. The standard InChI is InChI=1S/C20H19ClO3/c1-4-13-10-15-18(11-17(13)23-5-2)24-12(3)19(20(15)22)14-8-6-7-9-16(14)21/h6-11H,4-5H2,1-3H3. The summed E-state index contributed by atoms with van der Waals surface area (Å²) >= 11 is 6.28. The minimum atomic E-state index is -0.0698. The summed E-state index contributed by atoms with van der Waals surface area (Å²) in [6.07, 6.45) is 0.778. The predicted octanol–water partition coefficient (Wildman–Crippen LogP) is 5.38. The van der Waals surface area contributed by atoms with E-state index in [1.807, 2.05) is 44.2 Å². The molecule has 0 fully saturated rings. The molecule has 0 atom stereocenters. The van der Waals surface area contributed by atoms with Crippen LogP contribution < -0.4 is 10.2 Å². The lowest BCUT2D eigenvalue weighted by molar-refractivity contribution is 0.336. The molecule has 0 N–H and O–H groups in total. The fraction of sp³-hybridized carbons (Fsp3) is 0.250. The molecule has 0 saturated carbocycles. The quantitative estimate of drug-likeness (QED) is 0.638. The van der Waals surface area contributed by atoms with Crippen LogP contribution in [-0.2, 0) is 6.42 Å². The molecule has 0 unspecified atom stereocenters. The highest BCUT2D eigenvalue weighted by Gasteiger charge is 2.17. The minimum absolute atomic E-state index is 0.0698. The van der Waals surface area contributed by atoms with Gasteiger partial charge in [0.2, 0.25) is 5.43 Å². The van der Waals surface area contributed by atoms with Gasteiger partial charge in [-0.3, -0.25) is 4.79 Å². The van der Waals surface area contributed by atoms with Gasteiger partial charge in [0.15, 0.2) is 0 Å². The molecule has 1 aromatic heterocycles. The Bertz CT molecular complexity index is 957. The molecule has 2 aromatic carbocycles. The van der Waals surface area contributed by atoms with Crippen molar-refractivity contribution in [3.05, 3.63) is 63.0 Å². The summed E-state index contributed by atoms with van der Waals surface area (Å²) in [5.74, 6) is 1.31. The van der Waals surface area contributed by atoms with Crippen LogP contribution in [-0.4, -0.2) is 6.61 Å². The van der Waals surface area contributed by atoms with Gasteiger partial charge in [-0.25, -0.2) is 0 Å². The molecule has 1 heterocycles. The van der Waals surface area contributed by atoms with E-state index in [2.05, 4.69) is 0 Å². The highest BCUT2D eigenvalue weighted by molar-refractivity contribution is 6.33. The number of rotatable bonds is 4. The Morgan fingerprint density at radius 3 is 2.58 bits per heavy atom. The maximum absolute atomic E-state index is 13.1. The summed E-state index contributed by atoms with van der Waals surface area (Å²) in [4.78, 5) is 13.1. The van der Waals surface area contributed by atoms with Crippen LogP contribution in [0.25, 0.3) is 22.1 Å². The van der Waals surface area contributed by atoms with Crippen LogP contribution in [0.5, 0.6) is 5.75 Å². The number of fused-ring (bicyclic) bond motifs is 1. The van der Waals surface area contributed by atoms with Gasteiger partial charge in [0.25, 0.3) is 0 Å². The third-order valence-electron chi connectivity index (χ3n) is 4.07. The molecule has 24 heavy (non-hydrogen) atoms. The highest BCUT2D eigenvalue weighted by Crippen LogP contribution is 2.32. The number of ether oxygens (including phenoxy) is 1. The first kappa shape index (κ1) is 16.6. The molecule has 0 saturated heterocycles. The van der Waals surface area contributed by atoms with Crippen LogP contribution in [0.1, 0.15) is 25.2 Å². The number of hydrogen-bond acceptors (Lipinski definition) is 3. The summed E-state index contributed by atoms with van der Waals surface area (Å²) in [6.45, 7) is 6.33. The van der Waals surface area contributed by atoms with Crippen molar-refractivity contribution < 1.29 is 9.15 Å². The van der Waals surface area contributed by atoms with Crippen molar-refractivity contribution >= 4 is 22.6 Å². The van der Waals surface area contributed by atoms with Crippen molar-refractivity contribution in [1.29, 1.82) is 0 Å².